The van der Waals surface area contributed by atoms with Crippen LogP contribution < -0.4 is 5.19 Å². The summed E-state index contributed by atoms with van der Waals surface area (Å²) in [5.41, 5.74) is 0.819. The quantitative estimate of drug-likeness (QED) is 0.639. The second kappa shape index (κ2) is 6.02. The van der Waals surface area contributed by atoms with Gasteiger partial charge in [0.1, 0.15) is 0 Å². The highest BCUT2D eigenvalue weighted by atomic mass is 28.3. The van der Waals surface area contributed by atoms with E-state index in [2.05, 4.69) is 57.3 Å². The van der Waals surface area contributed by atoms with E-state index in [0.717, 1.165) is 5.54 Å². The maximum absolute atomic E-state index is 2.44. The number of benzene rings is 1. The summed E-state index contributed by atoms with van der Waals surface area (Å²) in [4.78, 5) is 0. The molecule has 0 saturated carbocycles. The Morgan fingerprint density at radius 1 is 0.929 bits per heavy atom. The molecule has 1 aromatic carbocycles. The highest BCUT2D eigenvalue weighted by Crippen LogP contribution is 2.19. The molecule has 0 radical (unpaired) electrons. The van der Waals surface area contributed by atoms with Gasteiger partial charge in [-0.3, -0.25) is 0 Å². The van der Waals surface area contributed by atoms with Crippen LogP contribution in [0, 0.1) is 0 Å². The molecule has 0 aromatic heterocycles. The molecule has 0 spiro atoms. The minimum absolute atomic E-state index is 0. The Hall–Kier alpha value is -0.563. The SMILES string of the molecule is C.C.CC(C)[Si](C)(C)c1ccccc1. The minimum Gasteiger partial charge on any atom is -0.0776 e. The van der Waals surface area contributed by atoms with E-state index in [1.165, 1.54) is 0 Å². The molecule has 1 rings (SSSR count). The van der Waals surface area contributed by atoms with E-state index in [1.54, 1.807) is 5.19 Å². The molecule has 14 heavy (non-hydrogen) atoms. The molecule has 0 unspecified atom stereocenters. The fourth-order valence-electron chi connectivity index (χ4n) is 1.20. The lowest BCUT2D eigenvalue weighted by Crippen LogP contribution is -2.43. The lowest BCUT2D eigenvalue weighted by atomic mass is 10.4. The molecule has 0 heterocycles. The highest BCUT2D eigenvalue weighted by Gasteiger charge is 2.26. The van der Waals surface area contributed by atoms with Crippen LogP contribution in [0.1, 0.15) is 28.7 Å². The van der Waals surface area contributed by atoms with Gasteiger partial charge in [-0.2, -0.15) is 0 Å². The van der Waals surface area contributed by atoms with Crippen LogP contribution in [-0.4, -0.2) is 8.07 Å². The third-order valence-corrected chi connectivity index (χ3v) is 7.67. The third kappa shape index (κ3) is 3.30. The molecule has 0 amide bonds. The summed E-state index contributed by atoms with van der Waals surface area (Å²) in [7, 11) is -1.16. The summed E-state index contributed by atoms with van der Waals surface area (Å²) in [6.45, 7) is 9.54. The van der Waals surface area contributed by atoms with Crippen molar-refractivity contribution in [2.45, 2.75) is 47.3 Å². The molecular weight excluding hydrogens is 184 g/mol. The number of hydrogen-bond donors (Lipinski definition) is 0. The second-order valence-electron chi connectivity index (χ2n) is 4.24. The first-order valence-corrected chi connectivity index (χ1v) is 7.68. The summed E-state index contributed by atoms with van der Waals surface area (Å²) in [5, 5.41) is 1.57. The van der Waals surface area contributed by atoms with Crippen molar-refractivity contribution in [1.82, 2.24) is 0 Å². The van der Waals surface area contributed by atoms with E-state index >= 15 is 0 Å². The van der Waals surface area contributed by atoms with Crippen LogP contribution in [0.3, 0.4) is 0 Å². The fourth-order valence-corrected chi connectivity index (χ4v) is 2.92. The Balaban J connectivity index is 0. The topological polar surface area (TPSA) is 0 Å². The lowest BCUT2D eigenvalue weighted by molar-refractivity contribution is 1.02. The summed E-state index contributed by atoms with van der Waals surface area (Å²) < 4.78 is 0. The summed E-state index contributed by atoms with van der Waals surface area (Å²) in [6.07, 6.45) is 0. The van der Waals surface area contributed by atoms with Crippen LogP contribution in [0.25, 0.3) is 0 Å². The Kier molecular flexibility index (Phi) is 6.83. The summed E-state index contributed by atoms with van der Waals surface area (Å²) >= 11 is 0. The Bertz CT molecular complexity index is 237. The van der Waals surface area contributed by atoms with Gasteiger partial charge in [-0.15, -0.1) is 0 Å². The van der Waals surface area contributed by atoms with Gasteiger partial charge in [-0.25, -0.2) is 0 Å². The van der Waals surface area contributed by atoms with Crippen molar-refractivity contribution in [2.24, 2.45) is 0 Å². The van der Waals surface area contributed by atoms with Crippen LogP contribution in [0.2, 0.25) is 18.6 Å². The molecule has 1 aromatic rings. The molecule has 0 fully saturated rings. The maximum Gasteiger partial charge on any atom is 0.0831 e. The molecule has 0 nitrogen and oxygen atoms in total. The van der Waals surface area contributed by atoms with E-state index in [-0.39, 0.29) is 14.9 Å². The minimum atomic E-state index is -1.16. The average Bonchev–Trinajstić information content (AvgIpc) is 2.06. The van der Waals surface area contributed by atoms with Crippen LogP contribution in [-0.2, 0) is 0 Å². The number of hydrogen-bond acceptors (Lipinski definition) is 0. The van der Waals surface area contributed by atoms with E-state index in [4.69, 9.17) is 0 Å². The van der Waals surface area contributed by atoms with Crippen molar-refractivity contribution < 1.29 is 0 Å². The zero-order chi connectivity index (χ0) is 9.19. The molecule has 0 saturated heterocycles. The van der Waals surface area contributed by atoms with Crippen LogP contribution in [0.4, 0.5) is 0 Å². The van der Waals surface area contributed by atoms with Gasteiger partial charge in [-0.1, -0.05) is 77.3 Å². The first kappa shape index (κ1) is 15.9. The van der Waals surface area contributed by atoms with E-state index in [1.807, 2.05) is 0 Å². The second-order valence-corrected chi connectivity index (χ2v) is 9.42. The highest BCUT2D eigenvalue weighted by molar-refractivity contribution is 6.90. The molecule has 0 aliphatic heterocycles. The molecule has 0 aliphatic rings. The normalized spacial score (nSPS) is 10.4. The van der Waals surface area contributed by atoms with E-state index < -0.39 is 8.07 Å². The van der Waals surface area contributed by atoms with Gasteiger partial charge >= 0.3 is 0 Å². The Labute approximate surface area is 91.4 Å². The standard InChI is InChI=1S/C11H18Si.2CH4/c1-10(2)12(3,4)11-8-6-5-7-9-11;;/h5-10H,1-4H3;2*1H4. The molecule has 0 atom stereocenters. The van der Waals surface area contributed by atoms with Crippen molar-refractivity contribution in [2.75, 3.05) is 0 Å². The Morgan fingerprint density at radius 3 is 1.71 bits per heavy atom. The van der Waals surface area contributed by atoms with Gasteiger partial charge in [0.05, 0.1) is 8.07 Å². The lowest BCUT2D eigenvalue weighted by Gasteiger charge is -2.27. The molecule has 0 bridgehead atoms. The van der Waals surface area contributed by atoms with Crippen molar-refractivity contribution in [3.8, 4) is 0 Å². The molecule has 82 valence electrons. The van der Waals surface area contributed by atoms with Crippen molar-refractivity contribution in [3.05, 3.63) is 30.3 Å². The molecule has 0 aliphatic carbocycles. The molecular formula is C13H26Si. The van der Waals surface area contributed by atoms with E-state index in [9.17, 15) is 0 Å². The monoisotopic (exact) mass is 210 g/mol. The maximum atomic E-state index is 2.44. The van der Waals surface area contributed by atoms with Crippen molar-refractivity contribution in [1.29, 1.82) is 0 Å². The van der Waals surface area contributed by atoms with Crippen LogP contribution in [0.15, 0.2) is 30.3 Å². The predicted octanol–water partition coefficient (Wildman–Crippen LogP) is 4.28. The van der Waals surface area contributed by atoms with Crippen molar-refractivity contribution >= 4 is 13.3 Å². The van der Waals surface area contributed by atoms with Gasteiger partial charge in [-0.05, 0) is 5.54 Å². The smallest absolute Gasteiger partial charge is 0.0776 e. The Morgan fingerprint density at radius 2 is 1.36 bits per heavy atom. The van der Waals surface area contributed by atoms with Gasteiger partial charge in [0.2, 0.25) is 0 Å². The summed E-state index contributed by atoms with van der Waals surface area (Å²) in [6, 6.07) is 10.9. The zero-order valence-electron chi connectivity index (χ0n) is 8.46. The van der Waals surface area contributed by atoms with E-state index in [0.29, 0.717) is 0 Å². The van der Waals surface area contributed by atoms with Gasteiger partial charge in [0, 0.05) is 0 Å². The largest absolute Gasteiger partial charge is 0.0831 e. The van der Waals surface area contributed by atoms with Crippen LogP contribution >= 0.6 is 0 Å². The average molecular weight is 210 g/mol. The number of rotatable bonds is 2. The van der Waals surface area contributed by atoms with Crippen molar-refractivity contribution in [3.63, 3.8) is 0 Å². The fraction of sp³-hybridized carbons (Fsp3) is 0.538. The van der Waals surface area contributed by atoms with Gasteiger partial charge in [0.15, 0.2) is 0 Å². The molecule has 1 heteroatoms. The zero-order valence-corrected chi connectivity index (χ0v) is 9.46. The molecule has 0 N–H and O–H groups in total. The predicted molar refractivity (Wildman–Crippen MR) is 72.1 cm³/mol. The van der Waals surface area contributed by atoms with Gasteiger partial charge in [0.25, 0.3) is 0 Å². The van der Waals surface area contributed by atoms with Gasteiger partial charge < -0.3 is 0 Å². The first-order valence-electron chi connectivity index (χ1n) is 4.60. The first-order chi connectivity index (χ1) is 5.55. The van der Waals surface area contributed by atoms with Crippen LogP contribution in [0.5, 0.6) is 0 Å². The third-order valence-electron chi connectivity index (χ3n) is 2.96. The summed E-state index contributed by atoms with van der Waals surface area (Å²) in [5.74, 6) is 0.